The van der Waals surface area contributed by atoms with Gasteiger partial charge in [0.2, 0.25) is 0 Å². The van der Waals surface area contributed by atoms with E-state index in [0.717, 1.165) is 0 Å². The zero-order valence-electron chi connectivity index (χ0n) is 10.0. The molecule has 0 atom stereocenters. The molecule has 1 heterocycles. The molecule has 1 aromatic carbocycles. The Balaban J connectivity index is 0.000000450. The minimum absolute atomic E-state index is 0.386. The number of hydrogen-bond acceptors (Lipinski definition) is 5. The van der Waals surface area contributed by atoms with E-state index >= 15 is 0 Å². The van der Waals surface area contributed by atoms with Crippen LogP contribution in [0, 0.1) is 0 Å². The standard InChI is InChI=1S/C8H5NO3.C2H6.CH5NO/c10-7-5-3-1-2-4-6(5)9-8(11)12-7;1-2;1-3-2/h1-4H,(H,9,11);1-2H3;2H2,1H3. The molecule has 3 N–H and O–H groups in total. The van der Waals surface area contributed by atoms with Crippen molar-refractivity contribution in [3.05, 3.63) is 45.2 Å². The molecule has 0 unspecified atom stereocenters. The molecule has 0 aliphatic heterocycles. The highest BCUT2D eigenvalue weighted by Crippen LogP contribution is 2.01. The van der Waals surface area contributed by atoms with Gasteiger partial charge in [-0.05, 0) is 12.1 Å². The molecule has 0 aliphatic rings. The van der Waals surface area contributed by atoms with Crippen LogP contribution in [-0.2, 0) is 4.84 Å². The number of rotatable bonds is 0. The number of benzene rings is 1. The van der Waals surface area contributed by atoms with E-state index in [1.54, 1.807) is 24.3 Å². The number of para-hydroxylation sites is 1. The maximum Gasteiger partial charge on any atom is 0.419 e. The fourth-order valence-corrected chi connectivity index (χ4v) is 1.04. The largest absolute Gasteiger partial charge is 0.419 e. The number of H-pyrrole nitrogens is 1. The van der Waals surface area contributed by atoms with E-state index in [1.165, 1.54) is 7.11 Å². The van der Waals surface area contributed by atoms with Crippen LogP contribution >= 0.6 is 0 Å². The first-order valence-corrected chi connectivity index (χ1v) is 5.04. The first kappa shape index (κ1) is 15.1. The summed E-state index contributed by atoms with van der Waals surface area (Å²) >= 11 is 0. The van der Waals surface area contributed by atoms with E-state index in [0.29, 0.717) is 10.9 Å². The van der Waals surface area contributed by atoms with Gasteiger partial charge in [-0.3, -0.25) is 4.98 Å². The molecule has 0 radical (unpaired) electrons. The molecule has 6 nitrogen and oxygen atoms in total. The molecule has 0 saturated heterocycles. The summed E-state index contributed by atoms with van der Waals surface area (Å²) in [4.78, 5) is 27.9. The predicted molar refractivity (Wildman–Crippen MR) is 65.6 cm³/mol. The van der Waals surface area contributed by atoms with Gasteiger partial charge < -0.3 is 9.25 Å². The van der Waals surface area contributed by atoms with E-state index in [4.69, 9.17) is 0 Å². The second-order valence-electron chi connectivity index (χ2n) is 2.58. The van der Waals surface area contributed by atoms with Gasteiger partial charge in [-0.1, -0.05) is 26.0 Å². The van der Waals surface area contributed by atoms with Crippen molar-refractivity contribution < 1.29 is 9.25 Å². The van der Waals surface area contributed by atoms with Crippen molar-refractivity contribution in [1.82, 2.24) is 4.98 Å². The molecular weight excluding hydrogens is 224 g/mol. The highest BCUT2D eigenvalue weighted by Gasteiger charge is 1.98. The van der Waals surface area contributed by atoms with Crippen LogP contribution in [0.4, 0.5) is 0 Å². The third kappa shape index (κ3) is 4.62. The number of nitrogens with one attached hydrogen (secondary N) is 1. The summed E-state index contributed by atoms with van der Waals surface area (Å²) in [5.74, 6) is 3.62. The first-order valence-electron chi connectivity index (χ1n) is 5.04. The number of aromatic nitrogens is 1. The van der Waals surface area contributed by atoms with Crippen LogP contribution < -0.4 is 17.3 Å². The van der Waals surface area contributed by atoms with Crippen LogP contribution in [-0.4, -0.2) is 12.1 Å². The molecule has 17 heavy (non-hydrogen) atoms. The van der Waals surface area contributed by atoms with Crippen LogP contribution in [0.25, 0.3) is 10.9 Å². The van der Waals surface area contributed by atoms with Gasteiger partial charge in [0.15, 0.2) is 0 Å². The maximum absolute atomic E-state index is 11.0. The molecule has 0 aliphatic carbocycles. The summed E-state index contributed by atoms with van der Waals surface area (Å²) in [6.45, 7) is 4.00. The van der Waals surface area contributed by atoms with Crippen molar-refractivity contribution in [2.24, 2.45) is 5.90 Å². The van der Waals surface area contributed by atoms with Crippen molar-refractivity contribution in [3.8, 4) is 0 Å². The second kappa shape index (κ2) is 8.26. The smallest absolute Gasteiger partial charge is 0.372 e. The summed E-state index contributed by atoms with van der Waals surface area (Å²) in [7, 11) is 1.40. The first-order chi connectivity index (χ1) is 8.19. The predicted octanol–water partition coefficient (Wildman–Crippen LogP) is 1.01. The van der Waals surface area contributed by atoms with E-state index in [2.05, 4.69) is 20.1 Å². The Morgan fingerprint density at radius 2 is 1.76 bits per heavy atom. The van der Waals surface area contributed by atoms with Crippen LogP contribution in [0.3, 0.4) is 0 Å². The lowest BCUT2D eigenvalue weighted by atomic mass is 10.2. The average Bonchev–Trinajstić information content (AvgIpc) is 2.32. The fraction of sp³-hybridized carbons (Fsp3) is 0.273. The van der Waals surface area contributed by atoms with Crippen molar-refractivity contribution in [3.63, 3.8) is 0 Å². The summed E-state index contributed by atoms with van der Waals surface area (Å²) in [6.07, 6.45) is 0. The molecule has 0 saturated carbocycles. The maximum atomic E-state index is 11.0. The number of nitrogens with two attached hydrogens (primary N) is 1. The highest BCUT2D eigenvalue weighted by atomic mass is 16.6. The van der Waals surface area contributed by atoms with Gasteiger partial charge in [0.05, 0.1) is 18.0 Å². The highest BCUT2D eigenvalue weighted by molar-refractivity contribution is 5.76. The van der Waals surface area contributed by atoms with Crippen molar-refractivity contribution in [1.29, 1.82) is 0 Å². The van der Waals surface area contributed by atoms with E-state index in [-0.39, 0.29) is 0 Å². The lowest BCUT2D eigenvalue weighted by Crippen LogP contribution is -2.13. The Labute approximate surface area is 98.0 Å². The summed E-state index contributed by atoms with van der Waals surface area (Å²) in [5, 5.41) is 0.386. The van der Waals surface area contributed by atoms with Gasteiger partial charge in [-0.25, -0.2) is 15.5 Å². The lowest BCUT2D eigenvalue weighted by molar-refractivity contribution is 0.206. The SMILES string of the molecule is CC.CON.O=c1[nH]c2ccccc2c(=O)o1. The minimum Gasteiger partial charge on any atom is -0.372 e. The van der Waals surface area contributed by atoms with Crippen LogP contribution in [0.1, 0.15) is 13.8 Å². The fourth-order valence-electron chi connectivity index (χ4n) is 1.04. The third-order valence-electron chi connectivity index (χ3n) is 1.57. The van der Waals surface area contributed by atoms with Gasteiger partial charge in [0, 0.05) is 0 Å². The molecule has 0 bridgehead atoms. The molecular formula is C11H16N2O4. The Morgan fingerprint density at radius 1 is 1.24 bits per heavy atom. The molecule has 0 amide bonds. The summed E-state index contributed by atoms with van der Waals surface area (Å²) in [5.41, 5.74) is -0.104. The molecule has 94 valence electrons. The van der Waals surface area contributed by atoms with E-state index in [1.807, 2.05) is 13.8 Å². The van der Waals surface area contributed by atoms with Gasteiger partial charge in [-0.15, -0.1) is 0 Å². The van der Waals surface area contributed by atoms with Crippen molar-refractivity contribution in [2.45, 2.75) is 13.8 Å². The Bertz CT molecular complexity index is 545. The minimum atomic E-state index is -0.723. The van der Waals surface area contributed by atoms with Crippen LogP contribution in [0.2, 0.25) is 0 Å². The van der Waals surface area contributed by atoms with Crippen LogP contribution in [0.5, 0.6) is 0 Å². The van der Waals surface area contributed by atoms with Gasteiger partial charge in [0.25, 0.3) is 0 Å². The van der Waals surface area contributed by atoms with Gasteiger partial charge in [-0.2, -0.15) is 0 Å². The summed E-state index contributed by atoms with van der Waals surface area (Å²) < 4.78 is 4.32. The normalized spacial score (nSPS) is 8.71. The van der Waals surface area contributed by atoms with Crippen molar-refractivity contribution >= 4 is 10.9 Å². The number of fused-ring (bicyclic) bond motifs is 1. The quantitative estimate of drug-likeness (QED) is 0.670. The Kier molecular flexibility index (Phi) is 7.32. The zero-order chi connectivity index (χ0) is 13.3. The molecule has 0 spiro atoms. The molecule has 2 rings (SSSR count). The van der Waals surface area contributed by atoms with Gasteiger partial charge in [0.1, 0.15) is 0 Å². The van der Waals surface area contributed by atoms with Gasteiger partial charge >= 0.3 is 11.4 Å². The average molecular weight is 240 g/mol. The number of aromatic amines is 1. The third-order valence-corrected chi connectivity index (χ3v) is 1.57. The van der Waals surface area contributed by atoms with Crippen LogP contribution in [0.15, 0.2) is 38.3 Å². The topological polar surface area (TPSA) is 98.3 Å². The Hall–Kier alpha value is -1.92. The lowest BCUT2D eigenvalue weighted by Gasteiger charge is -1.91. The second-order valence-corrected chi connectivity index (χ2v) is 2.58. The van der Waals surface area contributed by atoms with E-state index < -0.39 is 11.4 Å². The monoisotopic (exact) mass is 240 g/mol. The zero-order valence-corrected chi connectivity index (χ0v) is 10.0. The number of hydrogen-bond donors (Lipinski definition) is 2. The summed E-state index contributed by atoms with van der Waals surface area (Å²) in [6, 6.07) is 6.68. The molecule has 0 fully saturated rings. The van der Waals surface area contributed by atoms with Crippen molar-refractivity contribution in [2.75, 3.05) is 7.11 Å². The molecule has 1 aromatic heterocycles. The Morgan fingerprint density at radius 3 is 2.35 bits per heavy atom. The molecule has 6 heteroatoms. The molecule has 2 aromatic rings. The van der Waals surface area contributed by atoms with E-state index in [9.17, 15) is 9.59 Å².